The first-order chi connectivity index (χ1) is 15.7. The molecule has 0 saturated carbocycles. The van der Waals surface area contributed by atoms with Crippen molar-refractivity contribution in [3.05, 3.63) is 53.9 Å². The smallest absolute Gasteiger partial charge is 0.243 e. The third kappa shape index (κ3) is 5.36. The monoisotopic (exact) mass is 473 g/mol. The zero-order valence-corrected chi connectivity index (χ0v) is 20.7. The molecule has 1 unspecified atom stereocenters. The molecular formula is C24H31N3O5S. The summed E-state index contributed by atoms with van der Waals surface area (Å²) in [6.45, 7) is 7.92. The minimum Gasteiger partial charge on any atom is -0.493 e. The van der Waals surface area contributed by atoms with Crippen LogP contribution >= 0.6 is 0 Å². The van der Waals surface area contributed by atoms with Crippen molar-refractivity contribution in [2.24, 2.45) is 0 Å². The van der Waals surface area contributed by atoms with Crippen LogP contribution in [0.25, 0.3) is 11.4 Å². The topological polar surface area (TPSA) is 94.8 Å². The van der Waals surface area contributed by atoms with E-state index in [-0.39, 0.29) is 23.4 Å². The van der Waals surface area contributed by atoms with Crippen LogP contribution in [0.15, 0.2) is 51.9 Å². The van der Waals surface area contributed by atoms with Crippen LogP contribution in [0.2, 0.25) is 0 Å². The first-order valence-electron chi connectivity index (χ1n) is 10.9. The number of methoxy groups -OCH3 is 2. The number of ether oxygens (including phenoxy) is 2. The molecule has 0 fully saturated rings. The van der Waals surface area contributed by atoms with Crippen LogP contribution in [0.5, 0.6) is 11.5 Å². The van der Waals surface area contributed by atoms with Crippen molar-refractivity contribution in [1.82, 2.24) is 14.4 Å². The van der Waals surface area contributed by atoms with Crippen molar-refractivity contribution in [3.63, 3.8) is 0 Å². The summed E-state index contributed by atoms with van der Waals surface area (Å²) in [4.78, 5) is 4.67. The van der Waals surface area contributed by atoms with Crippen LogP contribution in [-0.4, -0.2) is 43.1 Å². The van der Waals surface area contributed by atoms with Gasteiger partial charge in [0.2, 0.25) is 21.7 Å². The van der Waals surface area contributed by atoms with Gasteiger partial charge in [-0.3, -0.25) is 0 Å². The maximum Gasteiger partial charge on any atom is 0.243 e. The molecule has 1 atom stereocenters. The second-order valence-corrected chi connectivity index (χ2v) is 10.0. The molecule has 0 N–H and O–H groups in total. The second-order valence-electron chi connectivity index (χ2n) is 8.11. The van der Waals surface area contributed by atoms with E-state index in [1.54, 1.807) is 44.6 Å². The lowest BCUT2D eigenvalue weighted by Gasteiger charge is -2.26. The van der Waals surface area contributed by atoms with Gasteiger partial charge < -0.3 is 14.0 Å². The summed E-state index contributed by atoms with van der Waals surface area (Å²) in [6, 6.07) is 12.0. The summed E-state index contributed by atoms with van der Waals surface area (Å²) in [5, 5.41) is 4.04. The molecule has 0 spiro atoms. The Kier molecular flexibility index (Phi) is 7.76. The summed E-state index contributed by atoms with van der Waals surface area (Å²) in [5.41, 5.74) is 1.75. The average Bonchev–Trinajstić information content (AvgIpc) is 3.30. The Balaban J connectivity index is 1.89. The Labute approximate surface area is 195 Å². The lowest BCUT2D eigenvalue weighted by molar-refractivity contribution is 0.272. The van der Waals surface area contributed by atoms with Crippen molar-refractivity contribution < 1.29 is 22.4 Å². The fourth-order valence-electron chi connectivity index (χ4n) is 3.39. The predicted octanol–water partition coefficient (Wildman–Crippen LogP) is 4.87. The molecule has 8 nitrogen and oxygen atoms in total. The maximum absolute atomic E-state index is 13.5. The Morgan fingerprint density at radius 3 is 2.24 bits per heavy atom. The van der Waals surface area contributed by atoms with Gasteiger partial charge in [0.25, 0.3) is 0 Å². The lowest BCUT2D eigenvalue weighted by atomic mass is 10.0. The van der Waals surface area contributed by atoms with Gasteiger partial charge in [0.05, 0.1) is 25.7 Å². The first-order valence-corrected chi connectivity index (χ1v) is 12.3. The van der Waals surface area contributed by atoms with E-state index in [1.807, 2.05) is 26.0 Å². The van der Waals surface area contributed by atoms with Crippen molar-refractivity contribution >= 4 is 10.0 Å². The Hall–Kier alpha value is -2.91. The van der Waals surface area contributed by atoms with Gasteiger partial charge in [0.1, 0.15) is 0 Å². The molecule has 0 saturated heterocycles. The van der Waals surface area contributed by atoms with Crippen LogP contribution in [0.4, 0.5) is 0 Å². The molecule has 0 aliphatic carbocycles. The minimum absolute atomic E-state index is 0.0242. The van der Waals surface area contributed by atoms with Gasteiger partial charge in [0, 0.05) is 11.6 Å². The molecular weight excluding hydrogens is 442 g/mol. The first kappa shape index (κ1) is 24.7. The Morgan fingerprint density at radius 1 is 1.00 bits per heavy atom. The summed E-state index contributed by atoms with van der Waals surface area (Å²) >= 11 is 0. The highest BCUT2D eigenvalue weighted by molar-refractivity contribution is 7.89. The molecule has 3 aromatic rings. The van der Waals surface area contributed by atoms with Crippen LogP contribution < -0.4 is 9.47 Å². The minimum atomic E-state index is -3.76. The quantitative estimate of drug-likeness (QED) is 0.415. The molecule has 9 heteroatoms. The molecule has 0 bridgehead atoms. The van der Waals surface area contributed by atoms with E-state index in [0.717, 1.165) is 5.56 Å². The lowest BCUT2D eigenvalue weighted by Crippen LogP contribution is -2.37. The Bertz CT molecular complexity index is 1170. The molecule has 1 heterocycles. The largest absolute Gasteiger partial charge is 0.493 e. The maximum atomic E-state index is 13.5. The summed E-state index contributed by atoms with van der Waals surface area (Å²) in [7, 11) is -0.652. The van der Waals surface area contributed by atoms with Crippen LogP contribution in [0.3, 0.4) is 0 Å². The second kappa shape index (κ2) is 10.4. The molecule has 3 rings (SSSR count). The number of sulfonamides is 1. The van der Waals surface area contributed by atoms with E-state index in [9.17, 15) is 8.42 Å². The van der Waals surface area contributed by atoms with Gasteiger partial charge in [-0.2, -0.15) is 9.29 Å². The number of rotatable bonds is 10. The molecule has 0 amide bonds. The van der Waals surface area contributed by atoms with E-state index < -0.39 is 10.0 Å². The number of aromatic nitrogens is 2. The third-order valence-electron chi connectivity index (χ3n) is 5.64. The highest BCUT2D eigenvalue weighted by Crippen LogP contribution is 2.31. The molecule has 0 aliphatic heterocycles. The predicted molar refractivity (Wildman–Crippen MR) is 126 cm³/mol. The highest BCUT2D eigenvalue weighted by atomic mass is 32.2. The van der Waals surface area contributed by atoms with Crippen molar-refractivity contribution in [1.29, 1.82) is 0 Å². The zero-order chi connectivity index (χ0) is 24.2. The molecule has 2 aromatic carbocycles. The summed E-state index contributed by atoms with van der Waals surface area (Å²) < 4.78 is 44.3. The summed E-state index contributed by atoms with van der Waals surface area (Å²) in [5.74, 6) is 1.99. The van der Waals surface area contributed by atoms with Crippen LogP contribution in [-0.2, 0) is 16.6 Å². The van der Waals surface area contributed by atoms with E-state index in [1.165, 1.54) is 4.31 Å². The van der Waals surface area contributed by atoms with Gasteiger partial charge in [-0.25, -0.2) is 8.42 Å². The van der Waals surface area contributed by atoms with Gasteiger partial charge in [0.15, 0.2) is 11.5 Å². The average molecular weight is 474 g/mol. The normalized spacial score (nSPS) is 12.8. The molecule has 178 valence electrons. The highest BCUT2D eigenvalue weighted by Gasteiger charge is 2.30. The van der Waals surface area contributed by atoms with Gasteiger partial charge >= 0.3 is 0 Å². The van der Waals surface area contributed by atoms with Crippen molar-refractivity contribution in [3.8, 4) is 22.9 Å². The number of benzene rings is 2. The fraction of sp³-hybridized carbons (Fsp3) is 0.417. The fourth-order valence-corrected chi connectivity index (χ4v) is 5.04. The van der Waals surface area contributed by atoms with E-state index in [4.69, 9.17) is 14.0 Å². The van der Waals surface area contributed by atoms with Crippen LogP contribution in [0.1, 0.15) is 51.5 Å². The number of nitrogens with zero attached hydrogens (tertiary/aromatic N) is 3. The molecule has 0 radical (unpaired) electrons. The molecule has 1 aromatic heterocycles. The van der Waals surface area contributed by atoms with E-state index in [0.29, 0.717) is 35.2 Å². The molecule has 0 aliphatic rings. The number of hydrogen-bond acceptors (Lipinski definition) is 7. The van der Waals surface area contributed by atoms with E-state index >= 15 is 0 Å². The molecule has 33 heavy (non-hydrogen) atoms. The Morgan fingerprint density at radius 2 is 1.67 bits per heavy atom. The zero-order valence-electron chi connectivity index (χ0n) is 19.9. The SMILES string of the molecule is CCC(C)N(Cc1nc(-c2ccc(OC)c(OC)c2)no1)S(=O)(=O)c1ccc(C(C)C)cc1. The van der Waals surface area contributed by atoms with Crippen molar-refractivity contribution in [2.45, 2.75) is 57.5 Å². The van der Waals surface area contributed by atoms with Gasteiger partial charge in [-0.15, -0.1) is 0 Å². The summed E-state index contributed by atoms with van der Waals surface area (Å²) in [6.07, 6.45) is 0.639. The standard InChI is InChI=1S/C24H31N3O5S/c1-7-17(4)27(33(28,29)20-11-8-18(9-12-20)16(2)3)15-23-25-24(26-32-23)19-10-13-21(30-5)22(14-19)31-6/h8-14,16-17H,7,15H2,1-6H3. The van der Waals surface area contributed by atoms with E-state index in [2.05, 4.69) is 24.0 Å². The van der Waals surface area contributed by atoms with Crippen molar-refractivity contribution in [2.75, 3.05) is 14.2 Å². The number of hydrogen-bond donors (Lipinski definition) is 0. The van der Waals surface area contributed by atoms with Crippen LogP contribution in [0, 0.1) is 0 Å². The van der Waals surface area contributed by atoms with Gasteiger partial charge in [-0.05, 0) is 55.2 Å². The third-order valence-corrected chi connectivity index (χ3v) is 7.61. The van der Waals surface area contributed by atoms with Gasteiger partial charge in [-0.1, -0.05) is 38.1 Å².